The molecule has 0 atom stereocenters. The summed E-state index contributed by atoms with van der Waals surface area (Å²) in [5, 5.41) is 10.4. The Kier molecular flexibility index (Phi) is 5.14. The number of hydrogen-bond donors (Lipinski definition) is 0. The van der Waals surface area contributed by atoms with Crippen LogP contribution in [-0.4, -0.2) is 14.5 Å². The van der Waals surface area contributed by atoms with Gasteiger partial charge in [0.1, 0.15) is 5.69 Å². The van der Waals surface area contributed by atoms with Gasteiger partial charge in [-0.15, -0.1) is 22.7 Å². The van der Waals surface area contributed by atoms with E-state index in [9.17, 15) is 0 Å². The predicted molar refractivity (Wildman–Crippen MR) is 203 cm³/mol. The van der Waals surface area contributed by atoms with Gasteiger partial charge in [0.25, 0.3) is 0 Å². The van der Waals surface area contributed by atoms with Crippen LogP contribution >= 0.6 is 22.7 Å². The molecule has 0 unspecified atom stereocenters. The van der Waals surface area contributed by atoms with Crippen LogP contribution < -0.4 is 0 Å². The first-order chi connectivity index (χ1) is 23.3. The number of thiophene rings is 2. The summed E-state index contributed by atoms with van der Waals surface area (Å²) in [7, 11) is 0. The molecule has 0 bridgehead atoms. The van der Waals surface area contributed by atoms with Crippen molar-refractivity contribution >= 4 is 107 Å². The third-order valence-electron chi connectivity index (χ3n) is 9.56. The highest BCUT2D eigenvalue weighted by Crippen LogP contribution is 2.51. The van der Waals surface area contributed by atoms with Crippen LogP contribution in [0.25, 0.3) is 101 Å². The minimum atomic E-state index is 0.849. The topological polar surface area (TPSA) is 30.7 Å². The molecule has 11 rings (SSSR count). The van der Waals surface area contributed by atoms with Gasteiger partial charge in [0.15, 0.2) is 5.82 Å². The van der Waals surface area contributed by atoms with Crippen molar-refractivity contribution in [2.45, 2.75) is 0 Å². The van der Waals surface area contributed by atoms with E-state index in [2.05, 4.69) is 132 Å². The second-order valence-corrected chi connectivity index (χ2v) is 14.2. The lowest BCUT2D eigenvalue weighted by Crippen LogP contribution is -2.03. The Morgan fingerprint density at radius 2 is 1.06 bits per heavy atom. The fraction of sp³-hybridized carbons (Fsp3) is 0. The second-order valence-electron chi connectivity index (χ2n) is 12.1. The Morgan fingerprint density at radius 3 is 1.87 bits per heavy atom. The molecule has 3 nitrogen and oxygen atoms in total. The zero-order chi connectivity index (χ0) is 30.6. The molecule has 218 valence electrons. The van der Waals surface area contributed by atoms with E-state index in [-0.39, 0.29) is 0 Å². The van der Waals surface area contributed by atoms with E-state index in [1.807, 2.05) is 34.8 Å². The molecule has 0 aliphatic heterocycles. The molecule has 0 radical (unpaired) electrons. The normalized spacial score (nSPS) is 12.3. The molecule has 0 aliphatic rings. The molecule has 0 saturated carbocycles. The lowest BCUT2D eigenvalue weighted by Gasteiger charge is -2.14. The highest BCUT2D eigenvalue weighted by molar-refractivity contribution is 7.27. The van der Waals surface area contributed by atoms with Crippen LogP contribution in [0.15, 0.2) is 140 Å². The van der Waals surface area contributed by atoms with Gasteiger partial charge >= 0.3 is 0 Å². The molecule has 0 fully saturated rings. The maximum atomic E-state index is 5.44. The van der Waals surface area contributed by atoms with Gasteiger partial charge in [-0.05, 0) is 41.8 Å². The summed E-state index contributed by atoms with van der Waals surface area (Å²) in [5.41, 5.74) is 6.02. The minimum absolute atomic E-state index is 0.849. The molecule has 5 heteroatoms. The predicted octanol–water partition coefficient (Wildman–Crippen LogP) is 12.3. The summed E-state index contributed by atoms with van der Waals surface area (Å²) in [5.74, 6) is 0.849. The minimum Gasteiger partial charge on any atom is -0.290 e. The van der Waals surface area contributed by atoms with Gasteiger partial charge in [0.05, 0.1) is 26.8 Å². The number of rotatable bonds is 2. The first kappa shape index (κ1) is 25.6. The Hall–Kier alpha value is -5.62. The highest BCUT2D eigenvalue weighted by Gasteiger charge is 2.26. The van der Waals surface area contributed by atoms with Gasteiger partial charge in [-0.1, -0.05) is 103 Å². The standard InChI is InChI=1S/C42H23N3S2/c1-2-12-24(13-3-1)39-42(44-30-18-8-7-17-29(30)43-39)45-31-19-9-4-14-25(31)38-37-28(22-23-34-36(37)27-16-6-10-20-32(27)46-34)35-26-15-5-11-21-33(26)47-41(35)40(38)45/h1-23H. The SMILES string of the molecule is c1ccc(-c2nc3ccccc3nc2-n2c3ccccc3c3c4c(ccc5sc6ccccc6c54)c4c5ccccc5sc4c32)cc1. The van der Waals surface area contributed by atoms with Gasteiger partial charge in [-0.25, -0.2) is 9.97 Å². The summed E-state index contributed by atoms with van der Waals surface area (Å²) < 4.78 is 7.60. The Balaban J connectivity index is 1.47. The summed E-state index contributed by atoms with van der Waals surface area (Å²) in [6.45, 7) is 0. The fourth-order valence-electron chi connectivity index (χ4n) is 7.63. The van der Waals surface area contributed by atoms with E-state index < -0.39 is 0 Å². The maximum Gasteiger partial charge on any atom is 0.165 e. The molecule has 0 spiro atoms. The third-order valence-corrected chi connectivity index (χ3v) is 11.9. The molecule has 7 aromatic carbocycles. The fourth-order valence-corrected chi connectivity index (χ4v) is 10.0. The van der Waals surface area contributed by atoms with E-state index >= 15 is 0 Å². The zero-order valence-corrected chi connectivity index (χ0v) is 26.6. The third kappa shape index (κ3) is 3.45. The van der Waals surface area contributed by atoms with Crippen LogP contribution in [-0.2, 0) is 0 Å². The van der Waals surface area contributed by atoms with Crippen LogP contribution in [0.3, 0.4) is 0 Å². The molecule has 47 heavy (non-hydrogen) atoms. The summed E-state index contributed by atoms with van der Waals surface area (Å²) in [4.78, 5) is 10.7. The zero-order valence-electron chi connectivity index (χ0n) is 24.9. The Bertz CT molecular complexity index is 3070. The first-order valence-electron chi connectivity index (χ1n) is 15.8. The number of hydrogen-bond acceptors (Lipinski definition) is 4. The van der Waals surface area contributed by atoms with Gasteiger partial charge in [-0.2, -0.15) is 0 Å². The van der Waals surface area contributed by atoms with Crippen LogP contribution in [0, 0.1) is 0 Å². The van der Waals surface area contributed by atoms with E-state index in [0.717, 1.165) is 33.6 Å². The smallest absolute Gasteiger partial charge is 0.165 e. The molecule has 4 heterocycles. The molecule has 0 N–H and O–H groups in total. The van der Waals surface area contributed by atoms with Crippen LogP contribution in [0.1, 0.15) is 0 Å². The molecule has 0 saturated heterocycles. The van der Waals surface area contributed by atoms with Crippen molar-refractivity contribution in [3.63, 3.8) is 0 Å². The van der Waals surface area contributed by atoms with E-state index in [1.54, 1.807) is 0 Å². The Morgan fingerprint density at radius 1 is 0.426 bits per heavy atom. The lowest BCUT2D eigenvalue weighted by molar-refractivity contribution is 1.08. The van der Waals surface area contributed by atoms with Crippen molar-refractivity contribution in [1.82, 2.24) is 14.5 Å². The second kappa shape index (κ2) is 9.46. The number of fused-ring (bicyclic) bond motifs is 15. The Labute approximate surface area is 276 Å². The average molecular weight is 634 g/mol. The number of nitrogens with zero attached hydrogens (tertiary/aromatic N) is 3. The summed E-state index contributed by atoms with van der Waals surface area (Å²) in [6, 6.07) is 50.0. The van der Waals surface area contributed by atoms with Crippen molar-refractivity contribution in [2.24, 2.45) is 0 Å². The molecule has 11 aromatic rings. The molecule has 0 aliphatic carbocycles. The van der Waals surface area contributed by atoms with Crippen molar-refractivity contribution in [3.05, 3.63) is 140 Å². The average Bonchev–Trinajstić information content (AvgIpc) is 3.81. The van der Waals surface area contributed by atoms with Crippen molar-refractivity contribution in [3.8, 4) is 17.1 Å². The van der Waals surface area contributed by atoms with E-state index in [1.165, 1.54) is 67.4 Å². The van der Waals surface area contributed by atoms with Crippen LogP contribution in [0.2, 0.25) is 0 Å². The van der Waals surface area contributed by atoms with Crippen molar-refractivity contribution in [1.29, 1.82) is 0 Å². The monoisotopic (exact) mass is 633 g/mol. The first-order valence-corrected chi connectivity index (χ1v) is 17.4. The van der Waals surface area contributed by atoms with E-state index in [0.29, 0.717) is 0 Å². The van der Waals surface area contributed by atoms with Gasteiger partial charge in [-0.3, -0.25) is 4.57 Å². The van der Waals surface area contributed by atoms with Crippen molar-refractivity contribution < 1.29 is 0 Å². The molecule has 0 amide bonds. The van der Waals surface area contributed by atoms with Crippen LogP contribution in [0.4, 0.5) is 0 Å². The van der Waals surface area contributed by atoms with Gasteiger partial charge in [0.2, 0.25) is 0 Å². The van der Waals surface area contributed by atoms with Gasteiger partial charge < -0.3 is 0 Å². The number of aromatic nitrogens is 3. The van der Waals surface area contributed by atoms with Gasteiger partial charge in [0, 0.05) is 57.4 Å². The molecular weight excluding hydrogens is 611 g/mol. The highest BCUT2D eigenvalue weighted by atomic mass is 32.1. The van der Waals surface area contributed by atoms with Crippen molar-refractivity contribution in [2.75, 3.05) is 0 Å². The lowest BCUT2D eigenvalue weighted by atomic mass is 9.95. The molecule has 4 aromatic heterocycles. The quantitative estimate of drug-likeness (QED) is 0.190. The summed E-state index contributed by atoms with van der Waals surface area (Å²) in [6.07, 6.45) is 0. The molecular formula is C42H23N3S2. The van der Waals surface area contributed by atoms with Crippen LogP contribution in [0.5, 0.6) is 0 Å². The largest absolute Gasteiger partial charge is 0.290 e. The summed E-state index contributed by atoms with van der Waals surface area (Å²) >= 11 is 3.76. The maximum absolute atomic E-state index is 5.44. The number of benzene rings is 7. The number of para-hydroxylation sites is 3. The van der Waals surface area contributed by atoms with E-state index in [4.69, 9.17) is 9.97 Å².